The van der Waals surface area contributed by atoms with Crippen molar-refractivity contribution in [2.45, 2.75) is 68.7 Å². The average Bonchev–Trinajstić information content (AvgIpc) is 3.38. The Labute approximate surface area is 223 Å². The molecule has 3 atom stereocenters. The molecule has 3 fully saturated rings. The van der Waals surface area contributed by atoms with Crippen LogP contribution in [0.4, 0.5) is 10.1 Å². The fourth-order valence-electron chi connectivity index (χ4n) is 6.02. The van der Waals surface area contributed by atoms with Gasteiger partial charge in [0.25, 0.3) is 0 Å². The molecule has 0 unspecified atom stereocenters. The van der Waals surface area contributed by atoms with Crippen molar-refractivity contribution < 1.29 is 31.8 Å². The van der Waals surface area contributed by atoms with Crippen molar-refractivity contribution in [1.29, 1.82) is 0 Å². The minimum Gasteiger partial charge on any atom is -0.467 e. The first-order valence-electron chi connectivity index (χ1n) is 13.2. The Bertz CT molecular complexity index is 1250. The average molecular weight is 547 g/mol. The molecule has 0 saturated carbocycles. The van der Waals surface area contributed by atoms with Crippen molar-refractivity contribution in [2.24, 2.45) is 0 Å². The zero-order valence-electron chi connectivity index (χ0n) is 21.8. The van der Waals surface area contributed by atoms with Gasteiger partial charge in [-0.15, -0.1) is 0 Å². The van der Waals surface area contributed by atoms with Crippen molar-refractivity contribution in [2.75, 3.05) is 31.8 Å². The second kappa shape index (κ2) is 10.9. The number of piperidine rings is 1. The zero-order valence-corrected chi connectivity index (χ0v) is 22.7. The van der Waals surface area contributed by atoms with Gasteiger partial charge in [-0.2, -0.15) is 4.31 Å². The molecule has 3 aliphatic heterocycles. The summed E-state index contributed by atoms with van der Waals surface area (Å²) in [6.07, 6.45) is 2.74. The van der Waals surface area contributed by atoms with Crippen molar-refractivity contribution in [1.82, 2.24) is 4.31 Å². The number of hydrogen-bond acceptors (Lipinski definition) is 7. The largest absolute Gasteiger partial charge is 0.467 e. The monoisotopic (exact) mass is 546 g/mol. The third-order valence-electron chi connectivity index (χ3n) is 8.09. The van der Waals surface area contributed by atoms with Gasteiger partial charge in [-0.3, -0.25) is 0 Å². The minimum atomic E-state index is -3.69. The van der Waals surface area contributed by atoms with E-state index in [1.807, 2.05) is 42.2 Å². The van der Waals surface area contributed by atoms with Crippen LogP contribution in [0.5, 0.6) is 0 Å². The number of anilines is 1. The van der Waals surface area contributed by atoms with E-state index in [-0.39, 0.29) is 19.0 Å². The summed E-state index contributed by atoms with van der Waals surface area (Å²) in [6.45, 7) is 3.29. The Kier molecular flexibility index (Phi) is 7.77. The number of halogens is 1. The van der Waals surface area contributed by atoms with Gasteiger partial charge < -0.3 is 19.1 Å². The minimum absolute atomic E-state index is 0.0402. The summed E-state index contributed by atoms with van der Waals surface area (Å²) in [4.78, 5) is 14.5. The number of carbonyl (C=O) groups excluding carboxylic acids is 1. The maximum absolute atomic E-state index is 15.6. The van der Waals surface area contributed by atoms with Gasteiger partial charge in [-0.25, -0.2) is 17.6 Å². The normalized spacial score (nSPS) is 26.9. The first kappa shape index (κ1) is 27.1. The molecule has 0 N–H and O–H groups in total. The highest BCUT2D eigenvalue weighted by atomic mass is 32.2. The van der Waals surface area contributed by atoms with Crippen molar-refractivity contribution >= 4 is 21.7 Å². The lowest BCUT2D eigenvalue weighted by atomic mass is 9.94. The molecule has 3 aliphatic rings. The van der Waals surface area contributed by atoms with Crippen LogP contribution in [0.15, 0.2) is 48.5 Å². The molecule has 0 aromatic heterocycles. The molecule has 3 heterocycles. The van der Waals surface area contributed by atoms with Crippen LogP contribution in [0.2, 0.25) is 0 Å². The summed E-state index contributed by atoms with van der Waals surface area (Å²) in [5, 5.41) is -0.643. The number of benzene rings is 2. The van der Waals surface area contributed by atoms with Crippen molar-refractivity contribution in [3.05, 3.63) is 65.5 Å². The molecule has 0 aliphatic carbocycles. The van der Waals surface area contributed by atoms with E-state index in [1.54, 1.807) is 12.1 Å². The van der Waals surface area contributed by atoms with E-state index in [0.29, 0.717) is 50.3 Å². The van der Waals surface area contributed by atoms with Crippen LogP contribution in [0.1, 0.15) is 55.4 Å². The van der Waals surface area contributed by atoms with Gasteiger partial charge >= 0.3 is 5.97 Å². The molecule has 0 radical (unpaired) electrons. The third-order valence-corrected chi connectivity index (χ3v) is 10.4. The smallest absolute Gasteiger partial charge is 0.328 e. The molecule has 1 spiro atoms. The van der Waals surface area contributed by atoms with E-state index in [0.717, 1.165) is 12.0 Å². The summed E-state index contributed by atoms with van der Waals surface area (Å²) in [5.74, 6) is -1.77. The molecular weight excluding hydrogens is 511 g/mol. The van der Waals surface area contributed by atoms with Crippen LogP contribution in [0.3, 0.4) is 0 Å². The van der Waals surface area contributed by atoms with Gasteiger partial charge in [-0.1, -0.05) is 43.3 Å². The maximum atomic E-state index is 15.6. The number of rotatable bonds is 6. The molecular formula is C28H35FN2O6S. The zero-order chi connectivity index (χ0) is 26.9. The number of methoxy groups -OCH3 is 1. The predicted molar refractivity (Wildman–Crippen MR) is 140 cm³/mol. The number of ether oxygens (including phenoxy) is 3. The van der Waals surface area contributed by atoms with Crippen LogP contribution >= 0.6 is 0 Å². The highest BCUT2D eigenvalue weighted by molar-refractivity contribution is 7.89. The van der Waals surface area contributed by atoms with Gasteiger partial charge in [-0.05, 0) is 37.0 Å². The molecule has 38 heavy (non-hydrogen) atoms. The molecule has 2 aromatic carbocycles. The topological polar surface area (TPSA) is 85.4 Å². The van der Waals surface area contributed by atoms with E-state index in [9.17, 15) is 13.2 Å². The highest BCUT2D eigenvalue weighted by Crippen LogP contribution is 2.40. The summed E-state index contributed by atoms with van der Waals surface area (Å²) in [7, 11) is -2.37. The molecule has 8 nitrogen and oxygen atoms in total. The maximum Gasteiger partial charge on any atom is 0.328 e. The fraction of sp³-hybridized carbons (Fsp3) is 0.536. The molecule has 5 rings (SSSR count). The van der Waals surface area contributed by atoms with Crippen LogP contribution in [-0.2, 0) is 35.6 Å². The molecule has 206 valence electrons. The van der Waals surface area contributed by atoms with Gasteiger partial charge in [0.15, 0.2) is 5.79 Å². The van der Waals surface area contributed by atoms with Crippen LogP contribution in [0.25, 0.3) is 0 Å². The number of esters is 1. The molecule has 3 saturated heterocycles. The van der Waals surface area contributed by atoms with Gasteiger partial charge in [0.1, 0.15) is 17.1 Å². The summed E-state index contributed by atoms with van der Waals surface area (Å²) >= 11 is 0. The molecule has 0 bridgehead atoms. The van der Waals surface area contributed by atoms with Crippen LogP contribution < -0.4 is 4.90 Å². The van der Waals surface area contributed by atoms with Gasteiger partial charge in [0.2, 0.25) is 10.0 Å². The van der Waals surface area contributed by atoms with E-state index in [2.05, 4.69) is 0 Å². The van der Waals surface area contributed by atoms with Crippen LogP contribution in [0, 0.1) is 5.82 Å². The Morgan fingerprint density at radius 1 is 1.13 bits per heavy atom. The van der Waals surface area contributed by atoms with Gasteiger partial charge in [0, 0.05) is 43.2 Å². The third kappa shape index (κ3) is 5.06. The Balaban J connectivity index is 1.39. The lowest BCUT2D eigenvalue weighted by Crippen LogP contribution is -2.54. The second-order valence-electron chi connectivity index (χ2n) is 10.2. The van der Waals surface area contributed by atoms with E-state index >= 15 is 4.39 Å². The second-order valence-corrected chi connectivity index (χ2v) is 12.3. The quantitative estimate of drug-likeness (QED) is 0.503. The highest BCUT2D eigenvalue weighted by Gasteiger charge is 2.47. The Morgan fingerprint density at radius 2 is 1.87 bits per heavy atom. The van der Waals surface area contributed by atoms with E-state index in [4.69, 9.17) is 14.2 Å². The lowest BCUT2D eigenvalue weighted by molar-refractivity contribution is -0.183. The molecule has 10 heteroatoms. The standard InChI is InChI=1S/C28H35FN2O6S/c1-3-22-11-12-26(20-7-5-4-6-8-20)38(33,34)31(22)19-21-9-10-23(17-24(21)29)30-14-13-28(36-15-16-37-28)18-25(30)27(32)35-2/h4-10,17,22,25-26H,3,11-16,18-19H2,1-2H3/t22-,25+,26+/m0/s1. The number of hydrogen-bond donors (Lipinski definition) is 0. The predicted octanol–water partition coefficient (Wildman–Crippen LogP) is 4.16. The Morgan fingerprint density at radius 3 is 2.53 bits per heavy atom. The van der Waals surface area contributed by atoms with Crippen molar-refractivity contribution in [3.63, 3.8) is 0 Å². The SMILES string of the molecule is CC[C@H]1CC[C@H](c2ccccc2)S(=O)(=O)N1Cc1ccc(N2CCC3(C[C@@H]2C(=O)OC)OCCO3)cc1F. The van der Waals surface area contributed by atoms with Crippen LogP contribution in [-0.4, -0.2) is 63.4 Å². The first-order chi connectivity index (χ1) is 18.3. The molecule has 2 aromatic rings. The summed E-state index contributed by atoms with van der Waals surface area (Å²) in [6, 6.07) is 13.1. The fourth-order valence-corrected chi connectivity index (χ4v) is 8.27. The van der Waals surface area contributed by atoms with Crippen molar-refractivity contribution in [3.8, 4) is 0 Å². The number of nitrogens with zero attached hydrogens (tertiary/aromatic N) is 2. The summed E-state index contributed by atoms with van der Waals surface area (Å²) < 4.78 is 61.1. The number of sulfonamides is 1. The van der Waals surface area contributed by atoms with Gasteiger partial charge in [0.05, 0.1) is 20.3 Å². The van der Waals surface area contributed by atoms with E-state index in [1.165, 1.54) is 17.5 Å². The summed E-state index contributed by atoms with van der Waals surface area (Å²) in [5.41, 5.74) is 1.59. The van der Waals surface area contributed by atoms with E-state index < -0.39 is 38.9 Å². The Hall–Kier alpha value is -2.53. The lowest BCUT2D eigenvalue weighted by Gasteiger charge is -2.43. The number of carbonyl (C=O) groups is 1. The molecule has 0 amide bonds. The first-order valence-corrected chi connectivity index (χ1v) is 14.7.